The maximum Gasteiger partial charge on any atom is 0.417 e. The van der Waals surface area contributed by atoms with Crippen LogP contribution in [0.5, 0.6) is 0 Å². The summed E-state index contributed by atoms with van der Waals surface area (Å²) in [7, 11) is 0. The molecule has 34 heavy (non-hydrogen) atoms. The Bertz CT molecular complexity index is 1220. The number of fused-ring (bicyclic) bond motifs is 3. The molecule has 1 saturated carbocycles. The standard InChI is InChI=1S/C22H21ClF3N7O/c1-12-6-15(20(28-9-12)33-29-4-5-30-33)21(34)32-11-13-2-3-18(32)17(7-13)31-19-16(23)8-14(10-27-19)22(24,25)26/h4-6,8-10,13,17-18H,2-3,7,11H2,1H3,(H,27,31). The second kappa shape index (κ2) is 8.53. The quantitative estimate of drug-likeness (QED) is 0.590. The number of carbonyl (C=O) groups excluding carboxylic acids is 1. The summed E-state index contributed by atoms with van der Waals surface area (Å²) in [4.78, 5) is 25.1. The highest BCUT2D eigenvalue weighted by Crippen LogP contribution is 2.39. The first-order chi connectivity index (χ1) is 16.2. The summed E-state index contributed by atoms with van der Waals surface area (Å²) >= 11 is 6.12. The molecule has 1 aliphatic carbocycles. The van der Waals surface area contributed by atoms with Crippen LogP contribution in [0, 0.1) is 12.8 Å². The molecular weight excluding hydrogens is 471 g/mol. The van der Waals surface area contributed by atoms with E-state index in [1.807, 2.05) is 11.8 Å². The van der Waals surface area contributed by atoms with Gasteiger partial charge in [-0.2, -0.15) is 23.4 Å². The van der Waals surface area contributed by atoms with Gasteiger partial charge in [-0.1, -0.05) is 11.6 Å². The van der Waals surface area contributed by atoms with Crippen molar-refractivity contribution in [2.24, 2.45) is 5.92 Å². The first-order valence-corrected chi connectivity index (χ1v) is 11.2. The van der Waals surface area contributed by atoms with Crippen LogP contribution in [0.25, 0.3) is 5.82 Å². The van der Waals surface area contributed by atoms with E-state index >= 15 is 0 Å². The maximum absolute atomic E-state index is 13.7. The van der Waals surface area contributed by atoms with Gasteiger partial charge in [-0.05, 0) is 49.8 Å². The molecule has 2 saturated heterocycles. The number of piperidine rings is 2. The highest BCUT2D eigenvalue weighted by Gasteiger charge is 2.44. The van der Waals surface area contributed by atoms with Crippen LogP contribution in [0.4, 0.5) is 19.0 Å². The van der Waals surface area contributed by atoms with Crippen molar-refractivity contribution >= 4 is 23.3 Å². The van der Waals surface area contributed by atoms with Gasteiger partial charge in [-0.25, -0.2) is 9.97 Å². The Morgan fingerprint density at radius 1 is 1.15 bits per heavy atom. The zero-order valence-electron chi connectivity index (χ0n) is 18.1. The average molecular weight is 492 g/mol. The van der Waals surface area contributed by atoms with Gasteiger partial charge in [-0.3, -0.25) is 4.79 Å². The van der Waals surface area contributed by atoms with Crippen LogP contribution in [0.15, 0.2) is 36.9 Å². The lowest BCUT2D eigenvalue weighted by Crippen LogP contribution is -2.60. The Kier molecular flexibility index (Phi) is 5.67. The number of amides is 1. The second-order valence-corrected chi connectivity index (χ2v) is 9.12. The zero-order chi connectivity index (χ0) is 24.0. The van der Waals surface area contributed by atoms with Gasteiger partial charge in [0, 0.05) is 25.0 Å². The van der Waals surface area contributed by atoms with Gasteiger partial charge < -0.3 is 10.2 Å². The summed E-state index contributed by atoms with van der Waals surface area (Å²) in [6, 6.07) is 2.27. The number of aryl methyl sites for hydroxylation is 1. The SMILES string of the molecule is Cc1cnc(-n2nccn2)c(C(=O)N2CC3CCC2C(Nc2ncc(C(F)(F)F)cc2Cl)C3)c1. The third-order valence-electron chi connectivity index (χ3n) is 6.37. The number of halogens is 4. The fourth-order valence-corrected chi connectivity index (χ4v) is 5.04. The molecule has 5 heterocycles. The minimum absolute atomic E-state index is 0.107. The number of nitrogens with zero attached hydrogens (tertiary/aromatic N) is 6. The second-order valence-electron chi connectivity index (χ2n) is 8.71. The number of pyridine rings is 2. The fourth-order valence-electron chi connectivity index (χ4n) is 4.82. The van der Waals surface area contributed by atoms with Crippen LogP contribution in [-0.4, -0.2) is 54.4 Å². The van der Waals surface area contributed by atoms with Crippen LogP contribution >= 0.6 is 11.6 Å². The largest absolute Gasteiger partial charge is 0.417 e. The minimum atomic E-state index is -4.52. The van der Waals surface area contributed by atoms with E-state index in [1.54, 1.807) is 12.3 Å². The molecule has 3 fully saturated rings. The number of carbonyl (C=O) groups is 1. The highest BCUT2D eigenvalue weighted by molar-refractivity contribution is 6.33. The van der Waals surface area contributed by atoms with Crippen molar-refractivity contribution in [2.75, 3.05) is 11.9 Å². The van der Waals surface area contributed by atoms with Crippen LogP contribution in [0.2, 0.25) is 5.02 Å². The average Bonchev–Trinajstić information content (AvgIpc) is 3.34. The van der Waals surface area contributed by atoms with E-state index in [9.17, 15) is 18.0 Å². The number of nitrogens with one attached hydrogen (secondary N) is 1. The van der Waals surface area contributed by atoms with Crippen molar-refractivity contribution in [3.63, 3.8) is 0 Å². The molecule has 3 aliphatic rings. The third kappa shape index (κ3) is 4.20. The van der Waals surface area contributed by atoms with Gasteiger partial charge in [-0.15, -0.1) is 4.80 Å². The topological polar surface area (TPSA) is 88.8 Å². The predicted molar refractivity (Wildman–Crippen MR) is 118 cm³/mol. The van der Waals surface area contributed by atoms with Gasteiger partial charge in [0.2, 0.25) is 0 Å². The molecule has 178 valence electrons. The molecule has 0 radical (unpaired) electrons. The van der Waals surface area contributed by atoms with Crippen LogP contribution < -0.4 is 5.32 Å². The smallest absolute Gasteiger partial charge is 0.364 e. The molecule has 3 aromatic heterocycles. The zero-order valence-corrected chi connectivity index (χ0v) is 18.9. The monoisotopic (exact) mass is 491 g/mol. The molecular formula is C22H21ClF3N7O. The molecule has 8 nitrogen and oxygen atoms in total. The van der Waals surface area contributed by atoms with Gasteiger partial charge in [0.15, 0.2) is 5.82 Å². The molecule has 3 unspecified atom stereocenters. The third-order valence-corrected chi connectivity index (χ3v) is 6.66. The van der Waals surface area contributed by atoms with Crippen molar-refractivity contribution in [3.8, 4) is 5.82 Å². The number of hydrogen-bond acceptors (Lipinski definition) is 6. The molecule has 1 amide bonds. The summed E-state index contributed by atoms with van der Waals surface area (Å²) in [5.74, 6) is 0.595. The van der Waals surface area contributed by atoms with Crippen molar-refractivity contribution in [2.45, 2.75) is 44.4 Å². The summed E-state index contributed by atoms with van der Waals surface area (Å²) in [5.41, 5.74) is 0.321. The van der Waals surface area contributed by atoms with E-state index in [0.29, 0.717) is 17.9 Å². The lowest BCUT2D eigenvalue weighted by molar-refractivity contribution is -0.137. The Hall–Kier alpha value is -3.21. The van der Waals surface area contributed by atoms with E-state index in [-0.39, 0.29) is 34.7 Å². The molecule has 3 aromatic rings. The normalized spacial score (nSPS) is 22.1. The number of anilines is 1. The Morgan fingerprint density at radius 3 is 2.59 bits per heavy atom. The maximum atomic E-state index is 13.7. The summed E-state index contributed by atoms with van der Waals surface area (Å²) < 4.78 is 38.9. The Labute approximate surface area is 198 Å². The fraction of sp³-hybridized carbons (Fsp3) is 0.409. The lowest BCUT2D eigenvalue weighted by Gasteiger charge is -2.50. The van der Waals surface area contributed by atoms with Gasteiger partial charge in [0.05, 0.1) is 34.6 Å². The molecule has 2 aliphatic heterocycles. The van der Waals surface area contributed by atoms with Crippen molar-refractivity contribution in [3.05, 3.63) is 58.6 Å². The molecule has 6 rings (SSSR count). The van der Waals surface area contributed by atoms with E-state index < -0.39 is 11.7 Å². The summed E-state index contributed by atoms with van der Waals surface area (Å²) in [5, 5.41) is 11.3. The van der Waals surface area contributed by atoms with Crippen LogP contribution in [0.3, 0.4) is 0 Å². The summed E-state index contributed by atoms with van der Waals surface area (Å²) in [6.07, 6.45) is 3.43. The predicted octanol–water partition coefficient (Wildman–Crippen LogP) is 4.14. The first kappa shape index (κ1) is 22.6. The molecule has 0 spiro atoms. The Balaban J connectivity index is 1.42. The van der Waals surface area contributed by atoms with E-state index in [0.717, 1.165) is 37.1 Å². The van der Waals surface area contributed by atoms with Gasteiger partial charge in [0.1, 0.15) is 5.82 Å². The molecule has 12 heteroatoms. The van der Waals surface area contributed by atoms with Gasteiger partial charge in [0.25, 0.3) is 5.91 Å². The van der Waals surface area contributed by atoms with Crippen LogP contribution in [-0.2, 0) is 6.18 Å². The van der Waals surface area contributed by atoms with E-state index in [1.165, 1.54) is 17.2 Å². The minimum Gasteiger partial charge on any atom is -0.364 e. The van der Waals surface area contributed by atoms with E-state index in [2.05, 4.69) is 25.5 Å². The van der Waals surface area contributed by atoms with Crippen LogP contribution in [0.1, 0.15) is 40.7 Å². The Morgan fingerprint density at radius 2 is 1.91 bits per heavy atom. The lowest BCUT2D eigenvalue weighted by atomic mass is 9.76. The molecule has 0 aromatic carbocycles. The summed E-state index contributed by atoms with van der Waals surface area (Å²) in [6.45, 7) is 2.45. The number of hydrogen-bond donors (Lipinski definition) is 1. The molecule has 3 atom stereocenters. The number of rotatable bonds is 4. The molecule has 1 N–H and O–H groups in total. The van der Waals surface area contributed by atoms with Gasteiger partial charge >= 0.3 is 6.18 Å². The first-order valence-electron chi connectivity index (χ1n) is 10.8. The van der Waals surface area contributed by atoms with E-state index in [4.69, 9.17) is 11.6 Å². The highest BCUT2D eigenvalue weighted by atomic mass is 35.5. The number of alkyl halides is 3. The van der Waals surface area contributed by atoms with Crippen molar-refractivity contribution in [1.29, 1.82) is 0 Å². The van der Waals surface area contributed by atoms with Crippen molar-refractivity contribution < 1.29 is 18.0 Å². The molecule has 2 bridgehead atoms. The van der Waals surface area contributed by atoms with Crippen molar-refractivity contribution in [1.82, 2.24) is 29.9 Å². The number of aromatic nitrogens is 5.